The van der Waals surface area contributed by atoms with Crippen molar-refractivity contribution in [1.82, 2.24) is 9.80 Å². The fourth-order valence-electron chi connectivity index (χ4n) is 2.26. The van der Waals surface area contributed by atoms with E-state index in [9.17, 15) is 4.79 Å². The van der Waals surface area contributed by atoms with E-state index in [-0.39, 0.29) is 5.91 Å². The van der Waals surface area contributed by atoms with E-state index in [1.807, 2.05) is 29.2 Å². The third-order valence-corrected chi connectivity index (χ3v) is 3.75. The van der Waals surface area contributed by atoms with Crippen LogP contribution in [-0.2, 0) is 11.2 Å². The van der Waals surface area contributed by atoms with Crippen molar-refractivity contribution < 1.29 is 4.79 Å². The molecule has 108 valence electrons. The molecule has 0 spiro atoms. The molecule has 1 aromatic carbocycles. The van der Waals surface area contributed by atoms with Gasteiger partial charge >= 0.3 is 0 Å². The summed E-state index contributed by atoms with van der Waals surface area (Å²) >= 11 is 10.7. The quantitative estimate of drug-likeness (QED) is 0.852. The lowest BCUT2D eigenvalue weighted by atomic mass is 10.1. The van der Waals surface area contributed by atoms with Gasteiger partial charge in [-0.05, 0) is 17.7 Å². The maximum atomic E-state index is 12.2. The molecule has 1 fully saturated rings. The molecule has 4 nitrogen and oxygen atoms in total. The fourth-order valence-corrected chi connectivity index (χ4v) is 2.57. The second kappa shape index (κ2) is 7.02. The fraction of sp³-hybridized carbons (Fsp3) is 0.429. The summed E-state index contributed by atoms with van der Waals surface area (Å²) in [6, 6.07) is 7.40. The van der Waals surface area contributed by atoms with Crippen molar-refractivity contribution in [2.75, 3.05) is 32.7 Å². The van der Waals surface area contributed by atoms with Gasteiger partial charge in [-0.25, -0.2) is 0 Å². The number of halogens is 1. The number of rotatable bonds is 4. The van der Waals surface area contributed by atoms with Crippen molar-refractivity contribution in [3.05, 3.63) is 34.9 Å². The zero-order valence-electron chi connectivity index (χ0n) is 11.2. The summed E-state index contributed by atoms with van der Waals surface area (Å²) in [7, 11) is 0. The second-order valence-electron chi connectivity index (χ2n) is 4.93. The Morgan fingerprint density at radius 3 is 2.35 bits per heavy atom. The van der Waals surface area contributed by atoms with Crippen LogP contribution in [-0.4, -0.2) is 53.4 Å². The van der Waals surface area contributed by atoms with Crippen molar-refractivity contribution in [2.45, 2.75) is 6.42 Å². The van der Waals surface area contributed by atoms with Gasteiger partial charge in [0.2, 0.25) is 5.91 Å². The van der Waals surface area contributed by atoms with Crippen LogP contribution in [0.3, 0.4) is 0 Å². The number of carbonyl (C=O) groups excluding carboxylic acids is 1. The van der Waals surface area contributed by atoms with Gasteiger partial charge in [0, 0.05) is 37.7 Å². The molecule has 1 aliphatic rings. The van der Waals surface area contributed by atoms with E-state index < -0.39 is 0 Å². The molecule has 0 aromatic heterocycles. The van der Waals surface area contributed by atoms with Crippen LogP contribution in [0, 0.1) is 0 Å². The molecule has 1 heterocycles. The van der Waals surface area contributed by atoms with Crippen molar-refractivity contribution in [1.29, 1.82) is 0 Å². The standard InChI is InChI=1S/C14H18ClN3OS/c15-12-3-1-11(2-4-12)9-14(19)18-7-5-17(6-8-18)10-13(16)20/h1-4H,5-10H2,(H2,16,20). The summed E-state index contributed by atoms with van der Waals surface area (Å²) in [6.07, 6.45) is 0.423. The number of thiocarbonyl (C=S) groups is 1. The third-order valence-electron chi connectivity index (χ3n) is 3.37. The molecule has 1 saturated heterocycles. The maximum Gasteiger partial charge on any atom is 0.227 e. The minimum Gasteiger partial charge on any atom is -0.392 e. The van der Waals surface area contributed by atoms with E-state index in [1.165, 1.54) is 0 Å². The molecule has 0 unspecified atom stereocenters. The Morgan fingerprint density at radius 2 is 1.80 bits per heavy atom. The maximum absolute atomic E-state index is 12.2. The first-order valence-corrected chi connectivity index (χ1v) is 7.36. The lowest BCUT2D eigenvalue weighted by Gasteiger charge is -2.34. The van der Waals surface area contributed by atoms with E-state index in [4.69, 9.17) is 29.6 Å². The minimum absolute atomic E-state index is 0.155. The Labute approximate surface area is 129 Å². The Morgan fingerprint density at radius 1 is 1.20 bits per heavy atom. The predicted molar refractivity (Wildman–Crippen MR) is 85.0 cm³/mol. The molecule has 6 heteroatoms. The average Bonchev–Trinajstić information content (AvgIpc) is 2.41. The highest BCUT2D eigenvalue weighted by atomic mass is 35.5. The van der Waals surface area contributed by atoms with Gasteiger partial charge < -0.3 is 10.6 Å². The molecule has 0 aliphatic carbocycles. The molecule has 2 rings (SSSR count). The average molecular weight is 312 g/mol. The molecular weight excluding hydrogens is 294 g/mol. The lowest BCUT2D eigenvalue weighted by molar-refractivity contribution is -0.132. The van der Waals surface area contributed by atoms with E-state index in [2.05, 4.69) is 4.90 Å². The number of hydrogen-bond donors (Lipinski definition) is 1. The van der Waals surface area contributed by atoms with Gasteiger partial charge in [0.25, 0.3) is 0 Å². The van der Waals surface area contributed by atoms with Gasteiger partial charge in [-0.1, -0.05) is 36.0 Å². The molecule has 20 heavy (non-hydrogen) atoms. The van der Waals surface area contributed by atoms with Crippen LogP contribution in [0.25, 0.3) is 0 Å². The van der Waals surface area contributed by atoms with Gasteiger partial charge in [-0.2, -0.15) is 0 Å². The smallest absolute Gasteiger partial charge is 0.227 e. The van der Waals surface area contributed by atoms with E-state index in [0.717, 1.165) is 31.7 Å². The first kappa shape index (κ1) is 15.2. The Kier molecular flexibility index (Phi) is 5.34. The monoisotopic (exact) mass is 311 g/mol. The zero-order valence-corrected chi connectivity index (χ0v) is 12.8. The predicted octanol–water partition coefficient (Wildman–Crippen LogP) is 1.31. The zero-order chi connectivity index (χ0) is 14.5. The van der Waals surface area contributed by atoms with Crippen molar-refractivity contribution >= 4 is 34.7 Å². The number of benzene rings is 1. The molecule has 1 aromatic rings. The number of amides is 1. The molecule has 0 bridgehead atoms. The topological polar surface area (TPSA) is 49.6 Å². The molecule has 2 N–H and O–H groups in total. The lowest BCUT2D eigenvalue weighted by Crippen LogP contribution is -2.50. The van der Waals surface area contributed by atoms with E-state index in [0.29, 0.717) is 23.0 Å². The van der Waals surface area contributed by atoms with Crippen LogP contribution < -0.4 is 5.73 Å². The normalized spacial score (nSPS) is 16.1. The van der Waals surface area contributed by atoms with Crippen molar-refractivity contribution in [3.63, 3.8) is 0 Å². The van der Waals surface area contributed by atoms with Crippen LogP contribution in [0.5, 0.6) is 0 Å². The van der Waals surface area contributed by atoms with Gasteiger partial charge in [0.15, 0.2) is 0 Å². The summed E-state index contributed by atoms with van der Waals surface area (Å²) in [5.41, 5.74) is 6.52. The number of piperazine rings is 1. The van der Waals surface area contributed by atoms with Gasteiger partial charge in [0.1, 0.15) is 0 Å². The molecule has 1 aliphatic heterocycles. The second-order valence-corrected chi connectivity index (χ2v) is 5.89. The largest absolute Gasteiger partial charge is 0.392 e. The first-order chi connectivity index (χ1) is 9.54. The first-order valence-electron chi connectivity index (χ1n) is 6.57. The summed E-state index contributed by atoms with van der Waals surface area (Å²) in [5.74, 6) is 0.155. The summed E-state index contributed by atoms with van der Waals surface area (Å²) < 4.78 is 0. The van der Waals surface area contributed by atoms with E-state index >= 15 is 0 Å². The van der Waals surface area contributed by atoms with Gasteiger partial charge in [-0.15, -0.1) is 0 Å². The Hall–Kier alpha value is -1.17. The highest BCUT2D eigenvalue weighted by molar-refractivity contribution is 7.80. The molecule has 0 atom stereocenters. The van der Waals surface area contributed by atoms with E-state index in [1.54, 1.807) is 0 Å². The van der Waals surface area contributed by atoms with Crippen LogP contribution in [0.15, 0.2) is 24.3 Å². The van der Waals surface area contributed by atoms with Gasteiger partial charge in [0.05, 0.1) is 11.4 Å². The number of nitrogens with zero attached hydrogens (tertiary/aromatic N) is 2. The molecule has 1 amide bonds. The Balaban J connectivity index is 1.82. The third kappa shape index (κ3) is 4.44. The molecule has 0 radical (unpaired) electrons. The van der Waals surface area contributed by atoms with Gasteiger partial charge in [-0.3, -0.25) is 9.69 Å². The van der Waals surface area contributed by atoms with Crippen molar-refractivity contribution in [3.8, 4) is 0 Å². The summed E-state index contributed by atoms with van der Waals surface area (Å²) in [6.45, 7) is 3.74. The number of nitrogens with two attached hydrogens (primary N) is 1. The van der Waals surface area contributed by atoms with Crippen LogP contribution in [0.1, 0.15) is 5.56 Å². The molecular formula is C14H18ClN3OS. The minimum atomic E-state index is 0.155. The Bertz CT molecular complexity index is 484. The summed E-state index contributed by atoms with van der Waals surface area (Å²) in [5, 5.41) is 0.688. The SMILES string of the molecule is NC(=S)CN1CCN(C(=O)Cc2ccc(Cl)cc2)CC1. The highest BCUT2D eigenvalue weighted by Gasteiger charge is 2.21. The van der Waals surface area contributed by atoms with Crippen LogP contribution in [0.2, 0.25) is 5.02 Å². The van der Waals surface area contributed by atoms with Crippen LogP contribution in [0.4, 0.5) is 0 Å². The van der Waals surface area contributed by atoms with Crippen molar-refractivity contribution in [2.24, 2.45) is 5.73 Å². The number of hydrogen-bond acceptors (Lipinski definition) is 3. The summed E-state index contributed by atoms with van der Waals surface area (Å²) in [4.78, 5) is 16.8. The van der Waals surface area contributed by atoms with Crippen LogP contribution >= 0.6 is 23.8 Å². The molecule has 0 saturated carbocycles. The number of carbonyl (C=O) groups is 1. The highest BCUT2D eigenvalue weighted by Crippen LogP contribution is 2.11.